The number of halogens is 1. The van der Waals surface area contributed by atoms with Gasteiger partial charge in [0.05, 0.1) is 5.60 Å². The molecule has 1 aromatic rings. The molecule has 0 radical (unpaired) electrons. The van der Waals surface area contributed by atoms with Crippen molar-refractivity contribution in [3.8, 4) is 0 Å². The lowest BCUT2D eigenvalue weighted by molar-refractivity contribution is -0.114. The average Bonchev–Trinajstić information content (AvgIpc) is 3.16. The molecule has 0 aromatic heterocycles. The van der Waals surface area contributed by atoms with E-state index >= 15 is 0 Å². The topological polar surface area (TPSA) is 20.2 Å². The van der Waals surface area contributed by atoms with Crippen LogP contribution in [-0.2, 0) is 5.60 Å². The summed E-state index contributed by atoms with van der Waals surface area (Å²) in [4.78, 5) is 0. The van der Waals surface area contributed by atoms with Crippen LogP contribution in [0.15, 0.2) is 24.3 Å². The van der Waals surface area contributed by atoms with Crippen LogP contribution in [0.3, 0.4) is 0 Å². The molecule has 0 aliphatic heterocycles. The first-order valence-electron chi connectivity index (χ1n) is 14.6. The molecule has 1 unspecified atom stereocenters. The molecule has 5 rings (SSSR count). The van der Waals surface area contributed by atoms with E-state index in [2.05, 4.69) is 20.8 Å². The Balaban J connectivity index is 1.22. The summed E-state index contributed by atoms with van der Waals surface area (Å²) in [5, 5.41) is 11.0. The molecule has 0 spiro atoms. The SMILES string of the molecule is C[C@H](CCCC(C)(O)c1ccccc1F)[C@H]1CC[C@H]2[C@@H]3CC[C@H]4CCCC[C@]4(C)[C@H]3CC[C@]12C. The van der Waals surface area contributed by atoms with Crippen molar-refractivity contribution in [2.45, 2.75) is 117 Å². The molecule has 0 heterocycles. The first-order chi connectivity index (χ1) is 16.2. The highest BCUT2D eigenvalue weighted by molar-refractivity contribution is 5.23. The molecular formula is C32H49FO. The molecule has 0 bridgehead atoms. The second-order valence-corrected chi connectivity index (χ2v) is 13.8. The molecular weight excluding hydrogens is 419 g/mol. The maximum atomic E-state index is 14.3. The fourth-order valence-electron chi connectivity index (χ4n) is 10.3. The molecule has 1 N–H and O–H groups in total. The molecule has 2 heteroatoms. The van der Waals surface area contributed by atoms with Gasteiger partial charge in [0.2, 0.25) is 0 Å². The lowest BCUT2D eigenvalue weighted by Crippen LogP contribution is -2.53. The molecule has 1 aromatic carbocycles. The van der Waals surface area contributed by atoms with Crippen molar-refractivity contribution < 1.29 is 9.50 Å². The predicted octanol–water partition coefficient (Wildman–Crippen LogP) is 8.89. The van der Waals surface area contributed by atoms with E-state index in [-0.39, 0.29) is 5.82 Å². The highest BCUT2D eigenvalue weighted by Crippen LogP contribution is 2.68. The van der Waals surface area contributed by atoms with E-state index in [1.54, 1.807) is 19.1 Å². The van der Waals surface area contributed by atoms with E-state index in [1.807, 2.05) is 6.07 Å². The second-order valence-electron chi connectivity index (χ2n) is 13.8. The van der Waals surface area contributed by atoms with E-state index in [1.165, 1.54) is 70.3 Å². The van der Waals surface area contributed by atoms with Crippen molar-refractivity contribution >= 4 is 0 Å². The molecule has 4 aliphatic rings. The Morgan fingerprint density at radius 2 is 1.74 bits per heavy atom. The third-order valence-corrected chi connectivity index (χ3v) is 12.1. The molecule has 9 atom stereocenters. The standard InChI is InChI=1S/C32H49FO/c1-22(10-9-20-32(4,34)28-12-5-6-13-29(28)33)25-16-17-26-24-15-14-23-11-7-8-19-30(23,2)27(24)18-21-31(25,26)3/h5-6,12-13,22-27,34H,7-11,14-21H2,1-4H3/t22-,23-,24+,25-,26+,27+,30+,31-,32?/m1/s1. The highest BCUT2D eigenvalue weighted by Gasteiger charge is 2.60. The van der Waals surface area contributed by atoms with Gasteiger partial charge in [0.25, 0.3) is 0 Å². The maximum Gasteiger partial charge on any atom is 0.129 e. The van der Waals surface area contributed by atoms with Crippen LogP contribution in [0.5, 0.6) is 0 Å². The van der Waals surface area contributed by atoms with E-state index in [4.69, 9.17) is 0 Å². The Morgan fingerprint density at radius 3 is 2.53 bits per heavy atom. The zero-order chi connectivity index (χ0) is 24.1. The van der Waals surface area contributed by atoms with Gasteiger partial charge >= 0.3 is 0 Å². The Hall–Kier alpha value is -0.890. The summed E-state index contributed by atoms with van der Waals surface area (Å²) in [5.74, 6) is 5.10. The van der Waals surface area contributed by atoms with Crippen molar-refractivity contribution in [3.63, 3.8) is 0 Å². The first-order valence-corrected chi connectivity index (χ1v) is 14.6. The zero-order valence-corrected chi connectivity index (χ0v) is 22.3. The highest BCUT2D eigenvalue weighted by atomic mass is 19.1. The summed E-state index contributed by atoms with van der Waals surface area (Å²) >= 11 is 0. The Kier molecular flexibility index (Phi) is 6.71. The minimum atomic E-state index is -1.08. The minimum Gasteiger partial charge on any atom is -0.385 e. The normalized spacial score (nSPS) is 42.2. The van der Waals surface area contributed by atoms with Gasteiger partial charge in [-0.3, -0.25) is 0 Å². The monoisotopic (exact) mass is 468 g/mol. The van der Waals surface area contributed by atoms with Crippen LogP contribution in [0.25, 0.3) is 0 Å². The van der Waals surface area contributed by atoms with Crippen LogP contribution in [0, 0.1) is 52.2 Å². The number of hydrogen-bond donors (Lipinski definition) is 1. The number of aliphatic hydroxyl groups is 1. The lowest BCUT2D eigenvalue weighted by Gasteiger charge is -2.61. The molecule has 190 valence electrons. The van der Waals surface area contributed by atoms with Crippen molar-refractivity contribution in [3.05, 3.63) is 35.6 Å². The lowest BCUT2D eigenvalue weighted by atomic mass is 9.44. The van der Waals surface area contributed by atoms with E-state index in [0.717, 1.165) is 42.4 Å². The third-order valence-electron chi connectivity index (χ3n) is 12.1. The predicted molar refractivity (Wildman–Crippen MR) is 139 cm³/mol. The fraction of sp³-hybridized carbons (Fsp3) is 0.812. The van der Waals surface area contributed by atoms with Gasteiger partial charge in [0, 0.05) is 5.56 Å². The maximum absolute atomic E-state index is 14.3. The van der Waals surface area contributed by atoms with Gasteiger partial charge in [0.1, 0.15) is 5.82 Å². The summed E-state index contributed by atoms with van der Waals surface area (Å²) < 4.78 is 14.3. The van der Waals surface area contributed by atoms with Crippen LogP contribution in [0.4, 0.5) is 4.39 Å². The summed E-state index contributed by atoms with van der Waals surface area (Å²) in [7, 11) is 0. The van der Waals surface area contributed by atoms with E-state index in [0.29, 0.717) is 28.7 Å². The quantitative estimate of drug-likeness (QED) is 0.442. The summed E-state index contributed by atoms with van der Waals surface area (Å²) in [5.41, 5.74) is 0.497. The van der Waals surface area contributed by atoms with E-state index in [9.17, 15) is 9.50 Å². The first kappa shape index (κ1) is 24.8. The van der Waals surface area contributed by atoms with Gasteiger partial charge < -0.3 is 5.11 Å². The number of benzene rings is 1. The minimum absolute atomic E-state index is 0.287. The van der Waals surface area contributed by atoms with Crippen LogP contribution in [0.2, 0.25) is 0 Å². The molecule has 0 saturated heterocycles. The Bertz CT molecular complexity index is 862. The Morgan fingerprint density at radius 1 is 0.971 bits per heavy atom. The van der Waals surface area contributed by atoms with E-state index < -0.39 is 5.60 Å². The van der Waals surface area contributed by atoms with Gasteiger partial charge in [-0.05, 0) is 124 Å². The molecule has 4 fully saturated rings. The fourth-order valence-corrected chi connectivity index (χ4v) is 10.3. The smallest absolute Gasteiger partial charge is 0.129 e. The summed E-state index contributed by atoms with van der Waals surface area (Å²) in [6.45, 7) is 9.60. The van der Waals surface area contributed by atoms with Crippen LogP contribution < -0.4 is 0 Å². The van der Waals surface area contributed by atoms with Gasteiger partial charge in [-0.15, -0.1) is 0 Å². The molecule has 4 saturated carbocycles. The zero-order valence-electron chi connectivity index (χ0n) is 22.3. The van der Waals surface area contributed by atoms with Crippen molar-refractivity contribution in [2.24, 2.45) is 46.3 Å². The van der Waals surface area contributed by atoms with Crippen LogP contribution >= 0.6 is 0 Å². The van der Waals surface area contributed by atoms with Gasteiger partial charge in [-0.2, -0.15) is 0 Å². The number of rotatable bonds is 6. The second kappa shape index (κ2) is 9.20. The average molecular weight is 469 g/mol. The van der Waals surface area contributed by atoms with Gasteiger partial charge in [0.15, 0.2) is 0 Å². The largest absolute Gasteiger partial charge is 0.385 e. The molecule has 1 nitrogen and oxygen atoms in total. The van der Waals surface area contributed by atoms with Gasteiger partial charge in [-0.25, -0.2) is 4.39 Å². The molecule has 34 heavy (non-hydrogen) atoms. The summed E-state index contributed by atoms with van der Waals surface area (Å²) in [6, 6.07) is 6.72. The number of hydrogen-bond acceptors (Lipinski definition) is 1. The van der Waals surface area contributed by atoms with Crippen LogP contribution in [-0.4, -0.2) is 5.11 Å². The van der Waals surface area contributed by atoms with Crippen LogP contribution in [0.1, 0.15) is 117 Å². The van der Waals surface area contributed by atoms with Crippen molar-refractivity contribution in [1.82, 2.24) is 0 Å². The summed E-state index contributed by atoms with van der Waals surface area (Å²) in [6.07, 6.45) is 17.4. The van der Waals surface area contributed by atoms with Crippen molar-refractivity contribution in [2.75, 3.05) is 0 Å². The third kappa shape index (κ3) is 4.08. The molecule has 0 amide bonds. The van der Waals surface area contributed by atoms with Crippen molar-refractivity contribution in [1.29, 1.82) is 0 Å². The molecule has 4 aliphatic carbocycles. The Labute approximate surface area is 208 Å². The number of fused-ring (bicyclic) bond motifs is 5. The van der Waals surface area contributed by atoms with Gasteiger partial charge in [-0.1, -0.05) is 58.2 Å².